The molecule has 0 aliphatic rings. The topological polar surface area (TPSA) is 0 Å². The number of aryl methyl sites for hydroxylation is 7. The van der Waals surface area contributed by atoms with E-state index < -0.39 is 0 Å². The first-order chi connectivity index (χ1) is 17.5. The molecule has 0 atom stereocenters. The quantitative estimate of drug-likeness (QED) is 0.272. The molecule has 0 radical (unpaired) electrons. The lowest BCUT2D eigenvalue weighted by molar-refractivity contribution is 0.585. The van der Waals surface area contributed by atoms with Crippen LogP contribution < -0.4 is 0 Å². The van der Waals surface area contributed by atoms with Crippen molar-refractivity contribution in [1.82, 2.24) is 0 Å². The summed E-state index contributed by atoms with van der Waals surface area (Å²) in [5, 5.41) is 0. The lowest BCUT2D eigenvalue weighted by Crippen LogP contribution is -2.13. The van der Waals surface area contributed by atoms with Crippen LogP contribution in [0.2, 0.25) is 0 Å². The molecule has 0 saturated carbocycles. The number of benzene rings is 3. The Morgan fingerprint density at radius 2 is 0.590 bits per heavy atom. The van der Waals surface area contributed by atoms with Crippen molar-refractivity contribution in [3.63, 3.8) is 0 Å². The Morgan fingerprint density at radius 1 is 0.308 bits per heavy atom. The summed E-state index contributed by atoms with van der Waals surface area (Å²) in [6.45, 7) is 40.1. The van der Waals surface area contributed by atoms with Gasteiger partial charge in [0.25, 0.3) is 0 Å². The molecule has 0 N–H and O–H groups in total. The molecule has 216 valence electrons. The highest BCUT2D eigenvalue weighted by molar-refractivity contribution is 5.41. The van der Waals surface area contributed by atoms with Crippen LogP contribution in [0.25, 0.3) is 0 Å². The fourth-order valence-electron chi connectivity index (χ4n) is 4.71. The molecule has 0 heteroatoms. The SMILES string of the molecule is Cc1cc(C(C)(C)C)cc(C)c1C.Cc1cc(C(C)(C)C)cc(C)c1C.Cc1cc(C)c(C(C)(C)C)cc1C. The zero-order valence-corrected chi connectivity index (χ0v) is 29.0. The molecule has 0 bridgehead atoms. The fourth-order valence-corrected chi connectivity index (χ4v) is 4.71. The first kappa shape index (κ1) is 34.7. The van der Waals surface area contributed by atoms with Gasteiger partial charge in [-0.1, -0.05) is 98.7 Å². The van der Waals surface area contributed by atoms with Crippen LogP contribution in [0.4, 0.5) is 0 Å². The van der Waals surface area contributed by atoms with Gasteiger partial charge in [-0.15, -0.1) is 0 Å². The van der Waals surface area contributed by atoms with E-state index in [2.05, 4.69) is 161 Å². The highest BCUT2D eigenvalue weighted by Crippen LogP contribution is 2.29. The molecule has 0 saturated heterocycles. The van der Waals surface area contributed by atoms with Crippen molar-refractivity contribution in [3.05, 3.63) is 103 Å². The Hall–Kier alpha value is -2.34. The first-order valence-corrected chi connectivity index (χ1v) is 14.7. The largest absolute Gasteiger partial charge is 0.0561 e. The second kappa shape index (κ2) is 12.9. The van der Waals surface area contributed by atoms with Crippen LogP contribution >= 0.6 is 0 Å². The van der Waals surface area contributed by atoms with Gasteiger partial charge in [0.1, 0.15) is 0 Å². The third-order valence-electron chi connectivity index (χ3n) is 8.23. The van der Waals surface area contributed by atoms with Crippen LogP contribution in [0.1, 0.15) is 129 Å². The molecule has 3 aromatic carbocycles. The molecular weight excluding hydrogens is 468 g/mol. The molecule has 0 aromatic heterocycles. The van der Waals surface area contributed by atoms with Gasteiger partial charge in [-0.2, -0.15) is 0 Å². The van der Waals surface area contributed by atoms with Crippen LogP contribution in [0.5, 0.6) is 0 Å². The monoisotopic (exact) mass is 528 g/mol. The van der Waals surface area contributed by atoms with E-state index in [9.17, 15) is 0 Å². The lowest BCUT2D eigenvalue weighted by atomic mass is 9.82. The molecule has 3 rings (SSSR count). The van der Waals surface area contributed by atoms with E-state index >= 15 is 0 Å². The van der Waals surface area contributed by atoms with Gasteiger partial charge in [-0.25, -0.2) is 0 Å². The zero-order chi connectivity index (χ0) is 30.7. The van der Waals surface area contributed by atoms with Crippen LogP contribution in [0.15, 0.2) is 36.4 Å². The van der Waals surface area contributed by atoms with Gasteiger partial charge in [0, 0.05) is 0 Å². The van der Waals surface area contributed by atoms with Crippen molar-refractivity contribution in [2.24, 2.45) is 0 Å². The van der Waals surface area contributed by atoms with Gasteiger partial charge in [0.05, 0.1) is 0 Å². The standard InChI is InChI=1S/3C13H20/c2*1-9-7-12(13(4,5)6)8-10(2)11(9)3;1-9-7-11(3)12(8-10(9)2)13(4,5)6/h3*7-8H,1-6H3. The third-order valence-corrected chi connectivity index (χ3v) is 8.23. The van der Waals surface area contributed by atoms with Crippen LogP contribution in [0.3, 0.4) is 0 Å². The first-order valence-electron chi connectivity index (χ1n) is 14.7. The van der Waals surface area contributed by atoms with Gasteiger partial charge in [0.2, 0.25) is 0 Å². The van der Waals surface area contributed by atoms with E-state index in [0.717, 1.165) is 0 Å². The van der Waals surface area contributed by atoms with Crippen LogP contribution in [-0.4, -0.2) is 0 Å². The second-order valence-electron chi connectivity index (χ2n) is 15.0. The van der Waals surface area contributed by atoms with E-state index in [1.54, 1.807) is 0 Å². The Bertz CT molecular complexity index is 1150. The lowest BCUT2D eigenvalue weighted by Gasteiger charge is -2.23. The highest BCUT2D eigenvalue weighted by atomic mass is 14.2. The fraction of sp³-hybridized carbons (Fsp3) is 0.538. The van der Waals surface area contributed by atoms with E-state index in [0.29, 0.717) is 0 Å². The van der Waals surface area contributed by atoms with E-state index in [-0.39, 0.29) is 16.2 Å². The van der Waals surface area contributed by atoms with Gasteiger partial charge in [-0.3, -0.25) is 0 Å². The highest BCUT2D eigenvalue weighted by Gasteiger charge is 2.17. The average molecular weight is 529 g/mol. The summed E-state index contributed by atoms with van der Waals surface area (Å²) >= 11 is 0. The summed E-state index contributed by atoms with van der Waals surface area (Å²) in [5.74, 6) is 0. The number of hydrogen-bond acceptors (Lipinski definition) is 0. The Kier molecular flexibility index (Phi) is 11.5. The average Bonchev–Trinajstić information content (AvgIpc) is 2.76. The predicted molar refractivity (Wildman–Crippen MR) is 178 cm³/mol. The Balaban J connectivity index is 0.000000292. The van der Waals surface area contributed by atoms with Crippen molar-refractivity contribution in [2.75, 3.05) is 0 Å². The molecule has 0 fully saturated rings. The Labute approximate surface area is 243 Å². The van der Waals surface area contributed by atoms with Crippen LogP contribution in [0, 0.1) is 62.3 Å². The van der Waals surface area contributed by atoms with Gasteiger partial charge < -0.3 is 0 Å². The normalized spacial score (nSPS) is 11.8. The molecule has 0 aliphatic carbocycles. The predicted octanol–water partition coefficient (Wildman–Crippen LogP) is 11.7. The maximum Gasteiger partial charge on any atom is -0.0129 e. The molecule has 0 spiro atoms. The second-order valence-corrected chi connectivity index (χ2v) is 15.0. The molecule has 0 unspecified atom stereocenters. The summed E-state index contributed by atoms with van der Waals surface area (Å²) in [7, 11) is 0. The van der Waals surface area contributed by atoms with E-state index in [1.807, 2.05) is 0 Å². The molecule has 3 aromatic rings. The minimum atomic E-state index is 0.266. The minimum absolute atomic E-state index is 0.266. The molecule has 39 heavy (non-hydrogen) atoms. The summed E-state index contributed by atoms with van der Waals surface area (Å²) in [5.41, 5.74) is 17.8. The molecule has 0 aliphatic heterocycles. The number of hydrogen-bond donors (Lipinski definition) is 0. The molecule has 0 heterocycles. The summed E-state index contributed by atoms with van der Waals surface area (Å²) in [4.78, 5) is 0. The van der Waals surface area contributed by atoms with Gasteiger partial charge >= 0.3 is 0 Å². The summed E-state index contributed by atoms with van der Waals surface area (Å²) in [6.07, 6.45) is 0. The summed E-state index contributed by atoms with van der Waals surface area (Å²) < 4.78 is 0. The van der Waals surface area contributed by atoms with E-state index in [4.69, 9.17) is 0 Å². The van der Waals surface area contributed by atoms with Crippen molar-refractivity contribution >= 4 is 0 Å². The zero-order valence-electron chi connectivity index (χ0n) is 29.0. The van der Waals surface area contributed by atoms with Gasteiger partial charge in [0.15, 0.2) is 0 Å². The molecule has 0 amide bonds. The molecule has 0 nitrogen and oxygen atoms in total. The van der Waals surface area contributed by atoms with E-state index in [1.165, 1.54) is 66.8 Å². The third kappa shape index (κ3) is 9.97. The summed E-state index contributed by atoms with van der Waals surface area (Å²) in [6, 6.07) is 13.8. The maximum absolute atomic E-state index is 2.32. The Morgan fingerprint density at radius 3 is 0.846 bits per heavy atom. The van der Waals surface area contributed by atoms with Crippen molar-refractivity contribution in [1.29, 1.82) is 0 Å². The van der Waals surface area contributed by atoms with Gasteiger partial charge in [-0.05, 0) is 145 Å². The number of rotatable bonds is 0. The molecular formula is C39H60. The van der Waals surface area contributed by atoms with Crippen molar-refractivity contribution < 1.29 is 0 Å². The van der Waals surface area contributed by atoms with Crippen molar-refractivity contribution in [2.45, 2.75) is 141 Å². The smallest absolute Gasteiger partial charge is 0.0129 e. The van der Waals surface area contributed by atoms with Crippen molar-refractivity contribution in [3.8, 4) is 0 Å². The maximum atomic E-state index is 2.32. The van der Waals surface area contributed by atoms with Crippen LogP contribution in [-0.2, 0) is 16.2 Å². The minimum Gasteiger partial charge on any atom is -0.0561 e.